The molecule has 2 aromatic rings. The average molecular weight is 306 g/mol. The van der Waals surface area contributed by atoms with Gasteiger partial charge < -0.3 is 10.2 Å². The van der Waals surface area contributed by atoms with Gasteiger partial charge in [-0.15, -0.1) is 0 Å². The molecular formula is C18H18N4O. The van der Waals surface area contributed by atoms with Gasteiger partial charge in [-0.1, -0.05) is 12.1 Å². The third-order valence-electron chi connectivity index (χ3n) is 5.09. The SMILES string of the molecule is N#Cc1cccc2cnc(C(=O)NC3CN4CCC3CC4)cc12. The molecule has 2 bridgehead atoms. The molecule has 5 nitrogen and oxygen atoms in total. The molecule has 1 unspecified atom stereocenters. The zero-order valence-electron chi connectivity index (χ0n) is 12.8. The predicted octanol–water partition coefficient (Wildman–Crippen LogP) is 1.93. The van der Waals surface area contributed by atoms with Crippen molar-refractivity contribution in [3.05, 3.63) is 41.7 Å². The number of nitrogens with one attached hydrogen (secondary N) is 1. The lowest BCUT2D eigenvalue weighted by molar-refractivity contribution is 0.0618. The molecule has 0 spiro atoms. The minimum Gasteiger partial charge on any atom is -0.346 e. The maximum absolute atomic E-state index is 12.6. The lowest BCUT2D eigenvalue weighted by Crippen LogP contribution is -2.57. The van der Waals surface area contributed by atoms with Crippen molar-refractivity contribution < 1.29 is 4.79 Å². The Hall–Kier alpha value is -2.45. The average Bonchev–Trinajstić information content (AvgIpc) is 2.61. The Bertz CT molecular complexity index is 802. The van der Waals surface area contributed by atoms with E-state index in [9.17, 15) is 10.1 Å². The Morgan fingerprint density at radius 3 is 2.87 bits per heavy atom. The van der Waals surface area contributed by atoms with E-state index in [4.69, 9.17) is 0 Å². The molecule has 4 heterocycles. The summed E-state index contributed by atoms with van der Waals surface area (Å²) in [5.74, 6) is 0.442. The highest BCUT2D eigenvalue weighted by Crippen LogP contribution is 2.27. The molecule has 116 valence electrons. The van der Waals surface area contributed by atoms with Gasteiger partial charge >= 0.3 is 0 Å². The fraction of sp³-hybridized carbons (Fsp3) is 0.389. The number of hydrogen-bond acceptors (Lipinski definition) is 4. The standard InChI is InChI=1S/C18H18N4O/c19-9-13-2-1-3-14-10-20-16(8-15(13)14)18(23)21-17-11-22-6-4-12(17)5-7-22/h1-3,8,10,12,17H,4-7,11H2,(H,21,23). The lowest BCUT2D eigenvalue weighted by Gasteiger charge is -2.44. The number of aromatic nitrogens is 1. The number of hydrogen-bond donors (Lipinski definition) is 1. The van der Waals surface area contributed by atoms with Gasteiger partial charge in [0.25, 0.3) is 5.91 Å². The quantitative estimate of drug-likeness (QED) is 0.920. The molecule has 0 aliphatic carbocycles. The van der Waals surface area contributed by atoms with E-state index in [0.717, 1.165) is 43.2 Å². The minimum atomic E-state index is -0.140. The highest BCUT2D eigenvalue weighted by atomic mass is 16.1. The highest BCUT2D eigenvalue weighted by molar-refractivity contribution is 5.97. The number of amides is 1. The van der Waals surface area contributed by atoms with Gasteiger partial charge in [-0.3, -0.25) is 9.78 Å². The molecule has 1 aromatic heterocycles. The number of fused-ring (bicyclic) bond motifs is 4. The summed E-state index contributed by atoms with van der Waals surface area (Å²) in [6.07, 6.45) is 3.99. The molecule has 3 aliphatic heterocycles. The number of piperidine rings is 3. The van der Waals surface area contributed by atoms with Crippen LogP contribution in [0.5, 0.6) is 0 Å². The molecule has 3 saturated heterocycles. The van der Waals surface area contributed by atoms with Crippen molar-refractivity contribution in [2.45, 2.75) is 18.9 Å². The zero-order chi connectivity index (χ0) is 15.8. The van der Waals surface area contributed by atoms with Crippen molar-refractivity contribution in [3.63, 3.8) is 0 Å². The number of pyridine rings is 1. The van der Waals surface area contributed by atoms with Crippen molar-refractivity contribution in [1.82, 2.24) is 15.2 Å². The number of carbonyl (C=O) groups is 1. The summed E-state index contributed by atoms with van der Waals surface area (Å²) in [4.78, 5) is 19.2. The van der Waals surface area contributed by atoms with Crippen molar-refractivity contribution in [3.8, 4) is 6.07 Å². The van der Waals surface area contributed by atoms with Crippen LogP contribution in [0.2, 0.25) is 0 Å². The van der Waals surface area contributed by atoms with Crippen LogP contribution < -0.4 is 5.32 Å². The maximum Gasteiger partial charge on any atom is 0.270 e. The van der Waals surface area contributed by atoms with Gasteiger partial charge in [0, 0.05) is 29.6 Å². The Morgan fingerprint density at radius 1 is 1.35 bits per heavy atom. The summed E-state index contributed by atoms with van der Waals surface area (Å²) in [7, 11) is 0. The number of benzene rings is 1. The zero-order valence-corrected chi connectivity index (χ0v) is 12.8. The first kappa shape index (κ1) is 14.2. The molecule has 1 atom stereocenters. The molecule has 5 rings (SSSR count). The van der Waals surface area contributed by atoms with Gasteiger partial charge in [0.1, 0.15) is 5.69 Å². The second-order valence-corrected chi connectivity index (χ2v) is 6.43. The van der Waals surface area contributed by atoms with Crippen molar-refractivity contribution >= 4 is 16.7 Å². The molecule has 5 heteroatoms. The lowest BCUT2D eigenvalue weighted by atomic mass is 9.84. The van der Waals surface area contributed by atoms with Gasteiger partial charge in [0.2, 0.25) is 0 Å². The molecule has 0 radical (unpaired) electrons. The van der Waals surface area contributed by atoms with Crippen LogP contribution in [-0.4, -0.2) is 41.5 Å². The van der Waals surface area contributed by atoms with Gasteiger partial charge in [-0.25, -0.2) is 0 Å². The van der Waals surface area contributed by atoms with Crippen LogP contribution in [0.1, 0.15) is 28.9 Å². The van der Waals surface area contributed by atoms with E-state index in [2.05, 4.69) is 21.3 Å². The summed E-state index contributed by atoms with van der Waals surface area (Å²) in [5.41, 5.74) is 0.957. The molecular weight excluding hydrogens is 288 g/mol. The fourth-order valence-electron chi connectivity index (χ4n) is 3.76. The molecule has 1 aromatic carbocycles. The normalized spacial score (nSPS) is 26.0. The van der Waals surface area contributed by atoms with E-state index in [-0.39, 0.29) is 11.9 Å². The molecule has 0 saturated carbocycles. The van der Waals surface area contributed by atoms with Crippen LogP contribution >= 0.6 is 0 Å². The highest BCUT2D eigenvalue weighted by Gasteiger charge is 2.35. The van der Waals surface area contributed by atoms with Gasteiger partial charge in [0.05, 0.1) is 11.6 Å². The van der Waals surface area contributed by atoms with E-state index < -0.39 is 0 Å². The monoisotopic (exact) mass is 306 g/mol. The van der Waals surface area contributed by atoms with Crippen molar-refractivity contribution in [2.75, 3.05) is 19.6 Å². The van der Waals surface area contributed by atoms with E-state index >= 15 is 0 Å². The Labute approximate surface area is 134 Å². The second kappa shape index (κ2) is 5.64. The molecule has 3 fully saturated rings. The van der Waals surface area contributed by atoms with Gasteiger partial charge in [-0.05, 0) is 44.0 Å². The predicted molar refractivity (Wildman–Crippen MR) is 86.9 cm³/mol. The minimum absolute atomic E-state index is 0.140. The second-order valence-electron chi connectivity index (χ2n) is 6.43. The Balaban J connectivity index is 1.59. The van der Waals surface area contributed by atoms with Gasteiger partial charge in [-0.2, -0.15) is 5.26 Å². The topological polar surface area (TPSA) is 69.0 Å². The van der Waals surface area contributed by atoms with E-state index in [1.807, 2.05) is 12.1 Å². The van der Waals surface area contributed by atoms with E-state index in [0.29, 0.717) is 17.2 Å². The molecule has 23 heavy (non-hydrogen) atoms. The summed E-state index contributed by atoms with van der Waals surface area (Å²) in [6.45, 7) is 3.24. The van der Waals surface area contributed by atoms with Crippen molar-refractivity contribution in [2.24, 2.45) is 5.92 Å². The first-order valence-corrected chi connectivity index (χ1v) is 8.07. The maximum atomic E-state index is 12.6. The number of nitrogens with zero attached hydrogens (tertiary/aromatic N) is 3. The third-order valence-corrected chi connectivity index (χ3v) is 5.09. The van der Waals surface area contributed by atoms with Crippen LogP contribution in [-0.2, 0) is 0 Å². The van der Waals surface area contributed by atoms with Gasteiger partial charge in [0.15, 0.2) is 0 Å². The summed E-state index contributed by atoms with van der Waals surface area (Å²) in [5, 5.41) is 14.0. The molecule has 3 aliphatic rings. The van der Waals surface area contributed by atoms with Crippen molar-refractivity contribution in [1.29, 1.82) is 5.26 Å². The summed E-state index contributed by atoms with van der Waals surface area (Å²) in [6, 6.07) is 9.61. The third kappa shape index (κ3) is 2.55. The largest absolute Gasteiger partial charge is 0.346 e. The number of carbonyl (C=O) groups excluding carboxylic acids is 1. The van der Waals surface area contributed by atoms with E-state index in [1.165, 1.54) is 0 Å². The van der Waals surface area contributed by atoms with Crippen LogP contribution in [0.3, 0.4) is 0 Å². The summed E-state index contributed by atoms with van der Waals surface area (Å²) >= 11 is 0. The first-order chi connectivity index (χ1) is 11.2. The Kier molecular flexibility index (Phi) is 3.47. The van der Waals surface area contributed by atoms with Crippen LogP contribution in [0, 0.1) is 17.2 Å². The number of rotatable bonds is 2. The summed E-state index contributed by atoms with van der Waals surface area (Å²) < 4.78 is 0. The molecule has 1 amide bonds. The van der Waals surface area contributed by atoms with E-state index in [1.54, 1.807) is 18.3 Å². The Morgan fingerprint density at radius 2 is 2.17 bits per heavy atom. The number of nitriles is 1. The molecule has 1 N–H and O–H groups in total. The van der Waals surface area contributed by atoms with Crippen LogP contribution in [0.25, 0.3) is 10.8 Å². The fourth-order valence-corrected chi connectivity index (χ4v) is 3.76. The van der Waals surface area contributed by atoms with Crippen LogP contribution in [0.15, 0.2) is 30.5 Å². The smallest absolute Gasteiger partial charge is 0.270 e. The van der Waals surface area contributed by atoms with Crippen LogP contribution in [0.4, 0.5) is 0 Å². The first-order valence-electron chi connectivity index (χ1n) is 8.07.